The fourth-order valence-electron chi connectivity index (χ4n) is 3.30. The molecule has 8 heteroatoms. The molecule has 154 valence electrons. The Kier molecular flexibility index (Phi) is 5.83. The number of ether oxygens (including phenoxy) is 1. The molecule has 30 heavy (non-hydrogen) atoms. The zero-order valence-corrected chi connectivity index (χ0v) is 18.0. The van der Waals surface area contributed by atoms with Crippen molar-refractivity contribution >= 4 is 45.2 Å². The summed E-state index contributed by atoms with van der Waals surface area (Å²) in [6, 6.07) is 11.9. The summed E-state index contributed by atoms with van der Waals surface area (Å²) in [4.78, 5) is 29.7. The van der Waals surface area contributed by atoms with Gasteiger partial charge in [-0.05, 0) is 42.3 Å². The molecule has 0 saturated heterocycles. The Morgan fingerprint density at radius 2 is 1.93 bits per heavy atom. The Morgan fingerprint density at radius 3 is 2.70 bits per heavy atom. The second-order valence-electron chi connectivity index (χ2n) is 6.75. The molecule has 0 bridgehead atoms. The van der Waals surface area contributed by atoms with Crippen molar-refractivity contribution in [1.82, 2.24) is 9.55 Å². The zero-order valence-electron chi connectivity index (χ0n) is 16.5. The highest BCUT2D eigenvalue weighted by Crippen LogP contribution is 2.28. The molecule has 0 aliphatic heterocycles. The molecule has 6 nitrogen and oxygen atoms in total. The summed E-state index contributed by atoms with van der Waals surface area (Å²) in [5.74, 6) is 1.07. The number of methoxy groups -OCH3 is 1. The Labute approximate surface area is 181 Å². The molecule has 0 aliphatic rings. The minimum atomic E-state index is -0.435. The average molecular weight is 443 g/mol. The van der Waals surface area contributed by atoms with E-state index in [9.17, 15) is 9.59 Å². The molecule has 0 fully saturated rings. The number of rotatable bonds is 6. The van der Waals surface area contributed by atoms with E-state index < -0.39 is 5.63 Å². The second kappa shape index (κ2) is 8.53. The van der Waals surface area contributed by atoms with Crippen LogP contribution in [-0.2, 0) is 12.3 Å². The van der Waals surface area contributed by atoms with Gasteiger partial charge in [0, 0.05) is 34.8 Å². The molecule has 0 saturated carbocycles. The van der Waals surface area contributed by atoms with Crippen LogP contribution in [0, 0.1) is 0 Å². The van der Waals surface area contributed by atoms with Gasteiger partial charge < -0.3 is 9.15 Å². The van der Waals surface area contributed by atoms with Crippen LogP contribution >= 0.6 is 23.4 Å². The van der Waals surface area contributed by atoms with Crippen LogP contribution in [0.25, 0.3) is 21.9 Å². The molecule has 2 aromatic heterocycles. The van der Waals surface area contributed by atoms with Gasteiger partial charge in [0.2, 0.25) is 0 Å². The first-order valence-corrected chi connectivity index (χ1v) is 10.8. The highest BCUT2D eigenvalue weighted by atomic mass is 35.5. The van der Waals surface area contributed by atoms with Crippen molar-refractivity contribution in [2.24, 2.45) is 0 Å². The van der Waals surface area contributed by atoms with Gasteiger partial charge in [0.15, 0.2) is 5.16 Å². The van der Waals surface area contributed by atoms with E-state index in [1.54, 1.807) is 35.9 Å². The Morgan fingerprint density at radius 1 is 1.13 bits per heavy atom. The van der Waals surface area contributed by atoms with Gasteiger partial charge in [0.25, 0.3) is 5.56 Å². The number of fused-ring (bicyclic) bond motifs is 2. The highest BCUT2D eigenvalue weighted by Gasteiger charge is 2.14. The van der Waals surface area contributed by atoms with Crippen LogP contribution in [0.15, 0.2) is 61.6 Å². The van der Waals surface area contributed by atoms with Gasteiger partial charge >= 0.3 is 5.63 Å². The van der Waals surface area contributed by atoms with Crippen LogP contribution < -0.4 is 15.9 Å². The number of halogens is 1. The van der Waals surface area contributed by atoms with Crippen LogP contribution in [0.2, 0.25) is 5.02 Å². The summed E-state index contributed by atoms with van der Waals surface area (Å²) in [6.07, 6.45) is 0.798. The fourth-order valence-corrected chi connectivity index (χ4v) is 4.49. The smallest absolute Gasteiger partial charge is 0.336 e. The van der Waals surface area contributed by atoms with Crippen molar-refractivity contribution in [3.05, 3.63) is 73.8 Å². The summed E-state index contributed by atoms with van der Waals surface area (Å²) >= 11 is 7.50. The van der Waals surface area contributed by atoms with Crippen LogP contribution in [0.1, 0.15) is 18.9 Å². The topological polar surface area (TPSA) is 74.3 Å². The molecule has 4 aromatic rings. The predicted octanol–water partition coefficient (Wildman–Crippen LogP) is 4.87. The predicted molar refractivity (Wildman–Crippen MR) is 120 cm³/mol. The van der Waals surface area contributed by atoms with E-state index in [1.807, 2.05) is 19.1 Å². The number of nitrogens with zero attached hydrogens (tertiary/aromatic N) is 2. The van der Waals surface area contributed by atoms with Gasteiger partial charge in [-0.25, -0.2) is 9.78 Å². The Hall–Kier alpha value is -2.77. The van der Waals surface area contributed by atoms with Crippen molar-refractivity contribution in [2.75, 3.05) is 7.11 Å². The minimum Gasteiger partial charge on any atom is -0.497 e. The third-order valence-corrected chi connectivity index (χ3v) is 5.98. The highest BCUT2D eigenvalue weighted by molar-refractivity contribution is 7.98. The first kappa shape index (κ1) is 20.5. The maximum absolute atomic E-state index is 13.0. The van der Waals surface area contributed by atoms with Crippen molar-refractivity contribution in [2.45, 2.75) is 30.8 Å². The normalized spacial score (nSPS) is 11.3. The maximum Gasteiger partial charge on any atom is 0.336 e. The van der Waals surface area contributed by atoms with E-state index in [1.165, 1.54) is 17.8 Å². The second-order valence-corrected chi connectivity index (χ2v) is 8.13. The van der Waals surface area contributed by atoms with Crippen molar-refractivity contribution in [3.63, 3.8) is 0 Å². The molecule has 0 aliphatic carbocycles. The molecule has 0 amide bonds. The third-order valence-electron chi connectivity index (χ3n) is 4.72. The molecule has 2 heterocycles. The number of thioether (sulfide) groups is 1. The summed E-state index contributed by atoms with van der Waals surface area (Å²) in [5.41, 5.74) is 1.29. The lowest BCUT2D eigenvalue weighted by Gasteiger charge is -2.13. The first-order valence-electron chi connectivity index (χ1n) is 9.44. The average Bonchev–Trinajstić information content (AvgIpc) is 2.73. The summed E-state index contributed by atoms with van der Waals surface area (Å²) in [6.45, 7) is 2.57. The lowest BCUT2D eigenvalue weighted by atomic mass is 10.1. The maximum atomic E-state index is 13.0. The molecular formula is C22H19ClN2O4S. The van der Waals surface area contributed by atoms with E-state index in [0.29, 0.717) is 44.7 Å². The van der Waals surface area contributed by atoms with Crippen molar-refractivity contribution < 1.29 is 9.15 Å². The zero-order chi connectivity index (χ0) is 21.3. The number of aromatic nitrogens is 2. The van der Waals surface area contributed by atoms with Crippen molar-refractivity contribution in [3.8, 4) is 5.75 Å². The van der Waals surface area contributed by atoms with Gasteiger partial charge in [-0.15, -0.1) is 0 Å². The lowest BCUT2D eigenvalue weighted by Crippen LogP contribution is -2.23. The molecule has 0 atom stereocenters. The third kappa shape index (κ3) is 3.95. The van der Waals surface area contributed by atoms with Crippen LogP contribution in [0.3, 0.4) is 0 Å². The van der Waals surface area contributed by atoms with Gasteiger partial charge in [-0.3, -0.25) is 9.36 Å². The largest absolute Gasteiger partial charge is 0.497 e. The van der Waals surface area contributed by atoms with Gasteiger partial charge in [-0.1, -0.05) is 30.3 Å². The fraction of sp³-hybridized carbons (Fsp3) is 0.227. The molecule has 0 radical (unpaired) electrons. The Bertz CT molecular complexity index is 1360. The van der Waals surface area contributed by atoms with Gasteiger partial charge in [-0.2, -0.15) is 0 Å². The SMILES string of the molecule is CCCn1c(SCc2cc(=O)oc3cc(OC)ccc23)nc2cc(Cl)ccc2c1=O. The monoisotopic (exact) mass is 442 g/mol. The minimum absolute atomic E-state index is 0.0943. The summed E-state index contributed by atoms with van der Waals surface area (Å²) < 4.78 is 12.2. The molecular weight excluding hydrogens is 424 g/mol. The number of hydrogen-bond donors (Lipinski definition) is 0. The van der Waals surface area contributed by atoms with Crippen molar-refractivity contribution in [1.29, 1.82) is 0 Å². The molecule has 0 spiro atoms. The molecule has 2 aromatic carbocycles. The van der Waals surface area contributed by atoms with Gasteiger partial charge in [0.1, 0.15) is 11.3 Å². The van der Waals surface area contributed by atoms with E-state index >= 15 is 0 Å². The van der Waals surface area contributed by atoms with Crippen LogP contribution in [0.4, 0.5) is 0 Å². The quantitative estimate of drug-likeness (QED) is 0.241. The molecule has 4 rings (SSSR count). The number of benzene rings is 2. The van der Waals surface area contributed by atoms with E-state index in [-0.39, 0.29) is 5.56 Å². The van der Waals surface area contributed by atoms with Gasteiger partial charge in [0.05, 0.1) is 18.0 Å². The van der Waals surface area contributed by atoms with Crippen LogP contribution in [-0.4, -0.2) is 16.7 Å². The first-order chi connectivity index (χ1) is 14.5. The van der Waals surface area contributed by atoms with Crippen LogP contribution in [0.5, 0.6) is 5.75 Å². The molecule has 0 N–H and O–H groups in total. The van der Waals surface area contributed by atoms with E-state index in [4.69, 9.17) is 20.8 Å². The Balaban J connectivity index is 1.77. The number of hydrogen-bond acceptors (Lipinski definition) is 6. The standard InChI is InChI=1S/C22H19ClN2O4S/c1-3-8-25-21(27)17-6-4-14(23)10-18(17)24-22(25)30-12-13-9-20(26)29-19-11-15(28-2)5-7-16(13)19/h4-7,9-11H,3,8,12H2,1-2H3. The summed E-state index contributed by atoms with van der Waals surface area (Å²) in [5, 5.41) is 2.47. The molecule has 0 unspecified atom stereocenters. The summed E-state index contributed by atoms with van der Waals surface area (Å²) in [7, 11) is 1.56. The van der Waals surface area contributed by atoms with E-state index in [2.05, 4.69) is 4.98 Å². The lowest BCUT2D eigenvalue weighted by molar-refractivity contribution is 0.414. The van der Waals surface area contributed by atoms with E-state index in [0.717, 1.165) is 17.4 Å².